The molecule has 1 rings (SSSR count). The lowest BCUT2D eigenvalue weighted by atomic mass is 10.0. The van der Waals surface area contributed by atoms with Gasteiger partial charge in [0.25, 0.3) is 0 Å². The topological polar surface area (TPSA) is 12.0 Å². The lowest BCUT2D eigenvalue weighted by molar-refractivity contribution is -0.139. The van der Waals surface area contributed by atoms with Crippen LogP contribution >= 0.6 is 0 Å². The first-order valence-electron chi connectivity index (χ1n) is 6.26. The summed E-state index contributed by atoms with van der Waals surface area (Å²) in [5.41, 5.74) is 2.06. The van der Waals surface area contributed by atoms with E-state index in [-0.39, 0.29) is 0 Å². The fourth-order valence-electron chi connectivity index (χ4n) is 1.85. The van der Waals surface area contributed by atoms with Crippen molar-refractivity contribution in [1.29, 1.82) is 0 Å². The zero-order chi connectivity index (χ0) is 13.6. The van der Waals surface area contributed by atoms with Gasteiger partial charge in [-0.15, -0.1) is 0 Å². The van der Waals surface area contributed by atoms with Gasteiger partial charge in [-0.2, -0.15) is 13.2 Å². The Bertz CT molecular complexity index is 343. The molecular weight excluding hydrogens is 239 g/mol. The highest BCUT2D eigenvalue weighted by atomic mass is 19.4. The van der Waals surface area contributed by atoms with Gasteiger partial charge in [-0.25, -0.2) is 0 Å². The molecule has 0 saturated heterocycles. The average Bonchev–Trinajstić information content (AvgIpc) is 2.27. The maximum atomic E-state index is 12.5. The van der Waals surface area contributed by atoms with E-state index in [1.165, 1.54) is 0 Å². The quantitative estimate of drug-likeness (QED) is 0.818. The Labute approximate surface area is 106 Å². The molecule has 1 N–H and O–H groups in total. The summed E-state index contributed by atoms with van der Waals surface area (Å²) in [6.07, 6.45) is -3.64. The molecule has 0 bridgehead atoms. The molecule has 0 aromatic heterocycles. The van der Waals surface area contributed by atoms with Crippen LogP contribution in [0.15, 0.2) is 24.3 Å². The summed E-state index contributed by atoms with van der Waals surface area (Å²) in [6, 6.07) is 7.12. The third kappa shape index (κ3) is 6.05. The Morgan fingerprint density at radius 2 is 1.78 bits per heavy atom. The minimum absolute atomic E-state index is 0.416. The largest absolute Gasteiger partial charge is 0.390 e. The van der Waals surface area contributed by atoms with E-state index < -0.39 is 18.6 Å². The van der Waals surface area contributed by atoms with Gasteiger partial charge in [0.15, 0.2) is 0 Å². The van der Waals surface area contributed by atoms with Gasteiger partial charge in [-0.1, -0.05) is 36.8 Å². The molecule has 1 aromatic rings. The van der Waals surface area contributed by atoms with Crippen molar-refractivity contribution in [3.05, 3.63) is 35.4 Å². The summed E-state index contributed by atoms with van der Waals surface area (Å²) in [7, 11) is 0. The van der Waals surface area contributed by atoms with Gasteiger partial charge in [-0.05, 0) is 31.9 Å². The van der Waals surface area contributed by atoms with Gasteiger partial charge in [0.05, 0.1) is 6.42 Å². The predicted octanol–water partition coefficient (Wildman–Crippen LogP) is 3.86. The van der Waals surface area contributed by atoms with Crippen LogP contribution in [0.25, 0.3) is 0 Å². The summed E-state index contributed by atoms with van der Waals surface area (Å²) in [4.78, 5) is 0. The second-order valence-corrected chi connectivity index (χ2v) is 4.66. The minimum atomic E-state index is -4.11. The number of nitrogens with one attached hydrogen (secondary N) is 1. The van der Waals surface area contributed by atoms with Crippen LogP contribution in [0.5, 0.6) is 0 Å². The lowest BCUT2D eigenvalue weighted by Gasteiger charge is -2.20. The monoisotopic (exact) mass is 259 g/mol. The normalized spacial score (nSPS) is 13.6. The first-order valence-corrected chi connectivity index (χ1v) is 6.26. The average molecular weight is 259 g/mol. The molecule has 0 aliphatic rings. The van der Waals surface area contributed by atoms with Crippen molar-refractivity contribution in [2.75, 3.05) is 6.54 Å². The fraction of sp³-hybridized carbons (Fsp3) is 0.571. The van der Waals surface area contributed by atoms with Crippen LogP contribution in [0.4, 0.5) is 13.2 Å². The molecule has 0 aliphatic heterocycles. The lowest BCUT2D eigenvalue weighted by Crippen LogP contribution is -2.36. The highest BCUT2D eigenvalue weighted by Crippen LogP contribution is 2.23. The summed E-state index contributed by atoms with van der Waals surface area (Å²) < 4.78 is 37.4. The molecular formula is C14H20F3N. The Morgan fingerprint density at radius 1 is 1.17 bits per heavy atom. The second kappa shape index (κ2) is 6.78. The van der Waals surface area contributed by atoms with Gasteiger partial charge in [-0.3, -0.25) is 0 Å². The maximum Gasteiger partial charge on any atom is 0.390 e. The van der Waals surface area contributed by atoms with Crippen LogP contribution < -0.4 is 5.32 Å². The molecule has 0 heterocycles. The van der Waals surface area contributed by atoms with Crippen LogP contribution in [-0.2, 0) is 6.42 Å². The van der Waals surface area contributed by atoms with Crippen molar-refractivity contribution < 1.29 is 13.2 Å². The molecule has 4 heteroatoms. The smallest absolute Gasteiger partial charge is 0.313 e. The van der Waals surface area contributed by atoms with E-state index in [9.17, 15) is 13.2 Å². The van der Waals surface area contributed by atoms with E-state index in [0.29, 0.717) is 13.0 Å². The minimum Gasteiger partial charge on any atom is -0.313 e. The maximum absolute atomic E-state index is 12.5. The Morgan fingerprint density at radius 3 is 2.28 bits per heavy atom. The molecule has 0 amide bonds. The van der Waals surface area contributed by atoms with E-state index in [1.54, 1.807) is 0 Å². The summed E-state index contributed by atoms with van der Waals surface area (Å²) >= 11 is 0. The Hall–Kier alpha value is -1.03. The van der Waals surface area contributed by atoms with Crippen LogP contribution in [0.2, 0.25) is 0 Å². The highest BCUT2D eigenvalue weighted by molar-refractivity contribution is 5.22. The highest BCUT2D eigenvalue weighted by Gasteiger charge is 2.31. The van der Waals surface area contributed by atoms with Crippen LogP contribution in [0.3, 0.4) is 0 Å². The zero-order valence-electron chi connectivity index (χ0n) is 10.8. The van der Waals surface area contributed by atoms with Crippen molar-refractivity contribution in [3.63, 3.8) is 0 Å². The van der Waals surface area contributed by atoms with E-state index in [1.807, 2.05) is 38.1 Å². The number of hydrogen-bond acceptors (Lipinski definition) is 1. The van der Waals surface area contributed by atoms with Gasteiger partial charge in [0.1, 0.15) is 0 Å². The standard InChI is InChI=1S/C14H20F3N/c1-3-8-18-13(10-14(15,16)17)9-12-6-4-11(2)5-7-12/h4-7,13,18H,3,8-10H2,1-2H3. The molecule has 1 unspecified atom stereocenters. The third-order valence-electron chi connectivity index (χ3n) is 2.76. The van der Waals surface area contributed by atoms with Gasteiger partial charge in [0, 0.05) is 6.04 Å². The molecule has 1 nitrogen and oxygen atoms in total. The van der Waals surface area contributed by atoms with Crippen molar-refractivity contribution in [3.8, 4) is 0 Å². The number of hydrogen-bond donors (Lipinski definition) is 1. The van der Waals surface area contributed by atoms with E-state index in [4.69, 9.17) is 0 Å². The first kappa shape index (κ1) is 15.0. The van der Waals surface area contributed by atoms with Crippen LogP contribution in [-0.4, -0.2) is 18.8 Å². The first-order chi connectivity index (χ1) is 8.40. The van der Waals surface area contributed by atoms with Crippen molar-refractivity contribution in [2.45, 2.75) is 45.3 Å². The molecule has 0 radical (unpaired) electrons. The van der Waals surface area contributed by atoms with E-state index in [2.05, 4.69) is 5.32 Å². The fourth-order valence-corrected chi connectivity index (χ4v) is 1.85. The molecule has 0 spiro atoms. The number of halogens is 3. The Balaban J connectivity index is 2.62. The van der Waals surface area contributed by atoms with E-state index >= 15 is 0 Å². The van der Waals surface area contributed by atoms with E-state index in [0.717, 1.165) is 17.5 Å². The van der Waals surface area contributed by atoms with Gasteiger partial charge >= 0.3 is 6.18 Å². The Kier molecular flexibility index (Phi) is 5.66. The third-order valence-corrected chi connectivity index (χ3v) is 2.76. The number of benzene rings is 1. The summed E-state index contributed by atoms with van der Waals surface area (Å²) in [5.74, 6) is 0. The summed E-state index contributed by atoms with van der Waals surface area (Å²) in [6.45, 7) is 4.53. The molecule has 18 heavy (non-hydrogen) atoms. The van der Waals surface area contributed by atoms with Crippen molar-refractivity contribution in [2.24, 2.45) is 0 Å². The number of aryl methyl sites for hydroxylation is 1. The molecule has 1 aromatic carbocycles. The molecule has 1 atom stereocenters. The zero-order valence-corrected chi connectivity index (χ0v) is 10.8. The van der Waals surface area contributed by atoms with Crippen LogP contribution in [0.1, 0.15) is 30.9 Å². The second-order valence-electron chi connectivity index (χ2n) is 4.66. The van der Waals surface area contributed by atoms with Crippen LogP contribution in [0, 0.1) is 6.92 Å². The SMILES string of the molecule is CCCNC(Cc1ccc(C)cc1)CC(F)(F)F. The molecule has 0 fully saturated rings. The van der Waals surface area contributed by atoms with Crippen molar-refractivity contribution >= 4 is 0 Å². The summed E-state index contributed by atoms with van der Waals surface area (Å²) in [5, 5.41) is 2.97. The number of rotatable bonds is 6. The van der Waals surface area contributed by atoms with Gasteiger partial charge in [0.2, 0.25) is 0 Å². The van der Waals surface area contributed by atoms with Gasteiger partial charge < -0.3 is 5.32 Å². The molecule has 0 saturated carbocycles. The molecule has 102 valence electrons. The van der Waals surface area contributed by atoms with Crippen molar-refractivity contribution in [1.82, 2.24) is 5.32 Å². The number of alkyl halides is 3. The molecule has 0 aliphatic carbocycles. The predicted molar refractivity (Wildman–Crippen MR) is 67.6 cm³/mol.